The minimum atomic E-state index is -0.203. The number of aromatic amines is 1. The molecule has 2 aromatic carbocycles. The molecule has 0 aliphatic carbocycles. The maximum atomic E-state index is 12.0. The Morgan fingerprint density at radius 2 is 1.95 bits per heavy atom. The molecular weight excluding hydrogens is 264 g/mol. The van der Waals surface area contributed by atoms with E-state index in [1.807, 2.05) is 43.3 Å². The number of aromatic nitrogens is 3. The Morgan fingerprint density at radius 3 is 2.76 bits per heavy atom. The third-order valence-corrected chi connectivity index (χ3v) is 3.11. The smallest absolute Gasteiger partial charge is 0.248 e. The predicted molar refractivity (Wildman–Crippen MR) is 82.7 cm³/mol. The Balaban J connectivity index is 1.74. The van der Waals surface area contributed by atoms with Gasteiger partial charge in [0.2, 0.25) is 5.91 Å². The van der Waals surface area contributed by atoms with Crippen LogP contribution in [-0.4, -0.2) is 21.3 Å². The van der Waals surface area contributed by atoms with Crippen molar-refractivity contribution in [2.24, 2.45) is 0 Å². The molecule has 5 heteroatoms. The van der Waals surface area contributed by atoms with Crippen LogP contribution < -0.4 is 5.32 Å². The number of para-hydroxylation sites is 1. The number of hydrogen-bond acceptors (Lipinski definition) is 3. The van der Waals surface area contributed by atoms with E-state index in [-0.39, 0.29) is 5.91 Å². The fraction of sp³-hybridized carbons (Fsp3) is 0.0625. The van der Waals surface area contributed by atoms with Gasteiger partial charge in [0.05, 0.1) is 5.69 Å². The van der Waals surface area contributed by atoms with Crippen LogP contribution in [0.15, 0.2) is 48.5 Å². The number of benzene rings is 2. The van der Waals surface area contributed by atoms with Gasteiger partial charge in [0.15, 0.2) is 0 Å². The van der Waals surface area contributed by atoms with Crippen LogP contribution in [0, 0.1) is 6.92 Å². The SMILES string of the molecule is Cc1ccc(C=CC(=O)Nc2cccc3n[nH]nc23)cc1. The minimum Gasteiger partial charge on any atom is -0.320 e. The third kappa shape index (κ3) is 2.97. The molecule has 1 amide bonds. The van der Waals surface area contributed by atoms with E-state index in [4.69, 9.17) is 0 Å². The molecule has 0 saturated carbocycles. The molecule has 1 aromatic heterocycles. The van der Waals surface area contributed by atoms with Gasteiger partial charge in [-0.2, -0.15) is 15.4 Å². The van der Waals surface area contributed by atoms with Gasteiger partial charge < -0.3 is 5.32 Å². The van der Waals surface area contributed by atoms with E-state index in [2.05, 4.69) is 20.7 Å². The molecule has 5 nitrogen and oxygen atoms in total. The molecule has 0 unspecified atom stereocenters. The summed E-state index contributed by atoms with van der Waals surface area (Å²) in [7, 11) is 0. The quantitative estimate of drug-likeness (QED) is 0.724. The van der Waals surface area contributed by atoms with Crippen molar-refractivity contribution >= 4 is 28.7 Å². The molecule has 3 rings (SSSR count). The zero-order chi connectivity index (χ0) is 14.7. The van der Waals surface area contributed by atoms with Crippen molar-refractivity contribution in [2.45, 2.75) is 6.92 Å². The summed E-state index contributed by atoms with van der Waals surface area (Å²) in [4.78, 5) is 12.0. The second kappa shape index (κ2) is 5.58. The third-order valence-electron chi connectivity index (χ3n) is 3.11. The van der Waals surface area contributed by atoms with Crippen molar-refractivity contribution in [3.63, 3.8) is 0 Å². The molecule has 1 heterocycles. The van der Waals surface area contributed by atoms with Gasteiger partial charge in [-0.3, -0.25) is 4.79 Å². The molecule has 0 bridgehead atoms. The van der Waals surface area contributed by atoms with Crippen LogP contribution in [0.2, 0.25) is 0 Å². The van der Waals surface area contributed by atoms with Crippen molar-refractivity contribution in [3.8, 4) is 0 Å². The second-order valence-electron chi connectivity index (χ2n) is 4.73. The Labute approximate surface area is 121 Å². The van der Waals surface area contributed by atoms with Crippen molar-refractivity contribution in [1.29, 1.82) is 0 Å². The summed E-state index contributed by atoms with van der Waals surface area (Å²) in [6.45, 7) is 2.03. The second-order valence-corrected chi connectivity index (χ2v) is 4.73. The maximum absolute atomic E-state index is 12.0. The highest BCUT2D eigenvalue weighted by molar-refractivity contribution is 6.06. The van der Waals surface area contributed by atoms with Crippen molar-refractivity contribution < 1.29 is 4.79 Å². The van der Waals surface area contributed by atoms with E-state index < -0.39 is 0 Å². The fourth-order valence-electron chi connectivity index (χ4n) is 1.99. The molecule has 21 heavy (non-hydrogen) atoms. The Hall–Kier alpha value is -2.95. The number of aryl methyl sites for hydroxylation is 1. The first kappa shape index (κ1) is 13.1. The highest BCUT2D eigenvalue weighted by Crippen LogP contribution is 2.18. The average Bonchev–Trinajstić information content (AvgIpc) is 2.96. The van der Waals surface area contributed by atoms with Crippen LogP contribution in [0.5, 0.6) is 0 Å². The number of rotatable bonds is 3. The number of carbonyl (C=O) groups excluding carboxylic acids is 1. The molecule has 0 aliphatic rings. The Morgan fingerprint density at radius 1 is 1.14 bits per heavy atom. The van der Waals surface area contributed by atoms with Crippen LogP contribution >= 0.6 is 0 Å². The first-order valence-corrected chi connectivity index (χ1v) is 6.57. The van der Waals surface area contributed by atoms with Crippen LogP contribution in [0.3, 0.4) is 0 Å². The van der Waals surface area contributed by atoms with Gasteiger partial charge in [-0.1, -0.05) is 35.9 Å². The zero-order valence-electron chi connectivity index (χ0n) is 11.5. The average molecular weight is 278 g/mol. The highest BCUT2D eigenvalue weighted by Gasteiger charge is 2.06. The van der Waals surface area contributed by atoms with E-state index in [1.165, 1.54) is 11.6 Å². The summed E-state index contributed by atoms with van der Waals surface area (Å²) < 4.78 is 0. The topological polar surface area (TPSA) is 70.7 Å². The molecule has 0 spiro atoms. The van der Waals surface area contributed by atoms with E-state index in [0.717, 1.165) is 11.1 Å². The summed E-state index contributed by atoms with van der Waals surface area (Å²) in [5, 5.41) is 13.4. The molecule has 0 fully saturated rings. The first-order valence-electron chi connectivity index (χ1n) is 6.57. The molecular formula is C16H14N4O. The lowest BCUT2D eigenvalue weighted by atomic mass is 10.1. The molecule has 0 atom stereocenters. The summed E-state index contributed by atoms with van der Waals surface area (Å²) in [5.41, 5.74) is 4.18. The molecule has 104 valence electrons. The van der Waals surface area contributed by atoms with Gasteiger partial charge in [-0.05, 0) is 30.7 Å². The first-order chi connectivity index (χ1) is 10.2. The molecule has 2 N–H and O–H groups in total. The maximum Gasteiger partial charge on any atom is 0.248 e. The lowest BCUT2D eigenvalue weighted by Crippen LogP contribution is -2.08. The van der Waals surface area contributed by atoms with Crippen molar-refractivity contribution in [1.82, 2.24) is 15.4 Å². The van der Waals surface area contributed by atoms with E-state index in [1.54, 1.807) is 12.1 Å². The van der Waals surface area contributed by atoms with E-state index in [9.17, 15) is 4.79 Å². The number of anilines is 1. The largest absolute Gasteiger partial charge is 0.320 e. The Kier molecular flexibility index (Phi) is 3.47. The molecule has 0 aliphatic heterocycles. The Bertz CT molecular complexity index is 803. The molecule has 0 saturated heterocycles. The van der Waals surface area contributed by atoms with E-state index >= 15 is 0 Å². The van der Waals surface area contributed by atoms with Crippen molar-refractivity contribution in [3.05, 3.63) is 59.7 Å². The summed E-state index contributed by atoms with van der Waals surface area (Å²) in [6.07, 6.45) is 3.28. The number of amides is 1. The number of nitrogens with one attached hydrogen (secondary N) is 2. The van der Waals surface area contributed by atoms with Gasteiger partial charge in [0.1, 0.15) is 11.0 Å². The van der Waals surface area contributed by atoms with Crippen LogP contribution in [0.1, 0.15) is 11.1 Å². The highest BCUT2D eigenvalue weighted by atomic mass is 16.1. The van der Waals surface area contributed by atoms with Gasteiger partial charge in [-0.15, -0.1) is 0 Å². The zero-order valence-corrected chi connectivity index (χ0v) is 11.5. The number of fused-ring (bicyclic) bond motifs is 1. The van der Waals surface area contributed by atoms with E-state index in [0.29, 0.717) is 11.2 Å². The van der Waals surface area contributed by atoms with Crippen LogP contribution in [0.25, 0.3) is 17.1 Å². The van der Waals surface area contributed by atoms with Gasteiger partial charge in [-0.25, -0.2) is 0 Å². The lowest BCUT2D eigenvalue weighted by Gasteiger charge is -2.02. The number of H-pyrrole nitrogens is 1. The minimum absolute atomic E-state index is 0.203. The fourth-order valence-corrected chi connectivity index (χ4v) is 1.99. The van der Waals surface area contributed by atoms with Gasteiger partial charge in [0, 0.05) is 6.08 Å². The normalized spacial score (nSPS) is 11.1. The summed E-state index contributed by atoms with van der Waals surface area (Å²) >= 11 is 0. The summed E-state index contributed by atoms with van der Waals surface area (Å²) in [6, 6.07) is 13.4. The summed E-state index contributed by atoms with van der Waals surface area (Å²) in [5.74, 6) is -0.203. The molecule has 3 aromatic rings. The number of hydrogen-bond donors (Lipinski definition) is 2. The molecule has 0 radical (unpaired) electrons. The van der Waals surface area contributed by atoms with Crippen LogP contribution in [0.4, 0.5) is 5.69 Å². The van der Waals surface area contributed by atoms with Crippen molar-refractivity contribution in [2.75, 3.05) is 5.32 Å². The monoisotopic (exact) mass is 278 g/mol. The van der Waals surface area contributed by atoms with Gasteiger partial charge in [0.25, 0.3) is 0 Å². The predicted octanol–water partition coefficient (Wildman–Crippen LogP) is 2.92. The lowest BCUT2D eigenvalue weighted by molar-refractivity contribution is -0.111. The standard InChI is InChI=1S/C16H14N4O/c1-11-5-7-12(8-6-11)9-10-15(21)17-13-3-2-4-14-16(13)19-20-18-14/h2-10H,1H3,(H,17,21)(H,18,19,20). The number of nitrogens with zero attached hydrogens (tertiary/aromatic N) is 2. The van der Waals surface area contributed by atoms with Gasteiger partial charge >= 0.3 is 0 Å². The van der Waals surface area contributed by atoms with Crippen LogP contribution in [-0.2, 0) is 4.79 Å². The number of carbonyl (C=O) groups is 1.